The van der Waals surface area contributed by atoms with E-state index in [0.29, 0.717) is 37.2 Å². The molecule has 1 aromatic carbocycles. The first kappa shape index (κ1) is 22.2. The van der Waals surface area contributed by atoms with Gasteiger partial charge in [0.05, 0.1) is 12.0 Å². The zero-order chi connectivity index (χ0) is 21.6. The van der Waals surface area contributed by atoms with Crippen molar-refractivity contribution in [2.24, 2.45) is 0 Å². The number of methoxy groups -OCH3 is 1. The molecule has 9 heteroatoms. The maximum Gasteiger partial charge on any atom is 0.410 e. The third-order valence-corrected chi connectivity index (χ3v) is 4.34. The molecule has 1 N–H and O–H groups in total. The van der Waals surface area contributed by atoms with Crippen molar-refractivity contribution >= 4 is 29.5 Å². The smallest absolute Gasteiger partial charge is 0.410 e. The number of piperidine rings is 1. The summed E-state index contributed by atoms with van der Waals surface area (Å²) in [6.45, 7) is 6.49. The van der Waals surface area contributed by atoms with E-state index in [0.717, 1.165) is 0 Å². The highest BCUT2D eigenvalue weighted by atomic mass is 16.6. The average Bonchev–Trinajstić information content (AvgIpc) is 2.65. The summed E-state index contributed by atoms with van der Waals surface area (Å²) < 4.78 is 9.90. The number of benzene rings is 1. The molecular weight excluding hydrogens is 378 g/mol. The molecule has 0 aromatic heterocycles. The number of hydrogen-bond donors (Lipinski definition) is 1. The van der Waals surface area contributed by atoms with Gasteiger partial charge in [0.2, 0.25) is 0 Å². The van der Waals surface area contributed by atoms with Crippen molar-refractivity contribution in [1.29, 1.82) is 0 Å². The normalized spacial score (nSPS) is 15.2. The van der Waals surface area contributed by atoms with Crippen LogP contribution in [0.15, 0.2) is 24.3 Å². The number of ether oxygens (including phenoxy) is 2. The van der Waals surface area contributed by atoms with Gasteiger partial charge in [-0.05, 0) is 51.3 Å². The number of carbonyl (C=O) groups is 2. The first-order valence-electron chi connectivity index (χ1n) is 9.38. The number of nitrogens with one attached hydrogen (secondary N) is 1. The summed E-state index contributed by atoms with van der Waals surface area (Å²) >= 11 is 0. The quantitative estimate of drug-likeness (QED) is 0.345. The van der Waals surface area contributed by atoms with Crippen LogP contribution in [0.3, 0.4) is 0 Å². The van der Waals surface area contributed by atoms with Crippen molar-refractivity contribution in [2.45, 2.75) is 45.3 Å². The predicted molar refractivity (Wildman–Crippen MR) is 109 cm³/mol. The largest absolute Gasteiger partial charge is 0.466 e. The monoisotopic (exact) mass is 405 g/mol. The van der Waals surface area contributed by atoms with Gasteiger partial charge in [-0.1, -0.05) is 6.07 Å². The number of likely N-dealkylation sites (tertiary alicyclic amines) is 1. The minimum Gasteiger partial charge on any atom is -0.466 e. The number of rotatable bonds is 5. The SMILES string of the molecule is COC(=O)/C=C/c1ccc(NC2CCN(C(=O)OC(C)(C)C)CC2)c([N+](=O)[O-])c1. The van der Waals surface area contributed by atoms with E-state index >= 15 is 0 Å². The first-order valence-corrected chi connectivity index (χ1v) is 9.38. The number of anilines is 1. The van der Waals surface area contributed by atoms with Gasteiger partial charge in [-0.3, -0.25) is 10.1 Å². The van der Waals surface area contributed by atoms with Gasteiger partial charge in [0, 0.05) is 31.3 Å². The van der Waals surface area contributed by atoms with E-state index in [2.05, 4.69) is 10.1 Å². The fourth-order valence-electron chi connectivity index (χ4n) is 2.91. The number of hydrogen-bond acceptors (Lipinski definition) is 7. The number of esters is 1. The molecular formula is C20H27N3O6. The summed E-state index contributed by atoms with van der Waals surface area (Å²) in [5.41, 5.74) is 0.302. The molecule has 1 aliphatic rings. The molecule has 1 heterocycles. The Bertz CT molecular complexity index is 792. The van der Waals surface area contributed by atoms with Gasteiger partial charge < -0.3 is 19.7 Å². The van der Waals surface area contributed by atoms with Crippen molar-refractivity contribution in [3.63, 3.8) is 0 Å². The second-order valence-electron chi connectivity index (χ2n) is 7.78. The van der Waals surface area contributed by atoms with Crippen LogP contribution in [0.2, 0.25) is 0 Å². The lowest BCUT2D eigenvalue weighted by Crippen LogP contribution is -2.44. The van der Waals surface area contributed by atoms with Gasteiger partial charge in [0.25, 0.3) is 5.69 Å². The fraction of sp³-hybridized carbons (Fsp3) is 0.500. The number of carbonyl (C=O) groups excluding carboxylic acids is 2. The molecule has 0 saturated carbocycles. The van der Waals surface area contributed by atoms with Crippen LogP contribution in [-0.4, -0.2) is 53.7 Å². The molecule has 158 valence electrons. The lowest BCUT2D eigenvalue weighted by atomic mass is 10.0. The van der Waals surface area contributed by atoms with Gasteiger partial charge in [-0.2, -0.15) is 0 Å². The van der Waals surface area contributed by atoms with Crippen molar-refractivity contribution < 1.29 is 24.0 Å². The van der Waals surface area contributed by atoms with Gasteiger partial charge in [-0.15, -0.1) is 0 Å². The van der Waals surface area contributed by atoms with Crippen LogP contribution in [-0.2, 0) is 14.3 Å². The third-order valence-electron chi connectivity index (χ3n) is 4.34. The molecule has 29 heavy (non-hydrogen) atoms. The Hall–Kier alpha value is -3.10. The second-order valence-corrected chi connectivity index (χ2v) is 7.78. The number of nitro groups is 1. The molecule has 0 bridgehead atoms. The van der Waals surface area contributed by atoms with E-state index in [1.807, 2.05) is 20.8 Å². The Morgan fingerprint density at radius 1 is 1.28 bits per heavy atom. The fourth-order valence-corrected chi connectivity index (χ4v) is 2.91. The molecule has 1 saturated heterocycles. The maximum atomic E-state index is 12.1. The lowest BCUT2D eigenvalue weighted by molar-refractivity contribution is -0.384. The third kappa shape index (κ3) is 6.78. The van der Waals surface area contributed by atoms with Crippen LogP contribution < -0.4 is 5.32 Å². The highest BCUT2D eigenvalue weighted by Crippen LogP contribution is 2.28. The van der Waals surface area contributed by atoms with E-state index in [1.165, 1.54) is 25.3 Å². The molecule has 0 unspecified atom stereocenters. The average molecular weight is 405 g/mol. The second kappa shape index (κ2) is 9.40. The first-order chi connectivity index (χ1) is 13.6. The van der Waals surface area contributed by atoms with Gasteiger partial charge in [0.15, 0.2) is 0 Å². The Morgan fingerprint density at radius 3 is 2.48 bits per heavy atom. The van der Waals surface area contributed by atoms with E-state index in [9.17, 15) is 19.7 Å². The highest BCUT2D eigenvalue weighted by molar-refractivity contribution is 5.87. The van der Waals surface area contributed by atoms with Crippen LogP contribution in [0.1, 0.15) is 39.2 Å². The summed E-state index contributed by atoms with van der Waals surface area (Å²) in [4.78, 5) is 36.0. The Balaban J connectivity index is 2.01. The molecule has 1 aromatic rings. The van der Waals surface area contributed by atoms with Crippen molar-refractivity contribution in [2.75, 3.05) is 25.5 Å². The van der Waals surface area contributed by atoms with Crippen molar-refractivity contribution in [3.05, 3.63) is 40.0 Å². The van der Waals surface area contributed by atoms with Crippen LogP contribution in [0, 0.1) is 10.1 Å². The summed E-state index contributed by atoms with van der Waals surface area (Å²) in [6, 6.07) is 4.71. The van der Waals surface area contributed by atoms with E-state index in [-0.39, 0.29) is 17.8 Å². The van der Waals surface area contributed by atoms with Crippen LogP contribution in [0.4, 0.5) is 16.2 Å². The lowest BCUT2D eigenvalue weighted by Gasteiger charge is -2.34. The Morgan fingerprint density at radius 2 is 1.93 bits per heavy atom. The van der Waals surface area contributed by atoms with Gasteiger partial charge in [0.1, 0.15) is 11.3 Å². The molecule has 9 nitrogen and oxygen atoms in total. The number of nitro benzene ring substituents is 1. The molecule has 1 amide bonds. The topological polar surface area (TPSA) is 111 Å². The zero-order valence-electron chi connectivity index (χ0n) is 17.1. The van der Waals surface area contributed by atoms with Crippen LogP contribution >= 0.6 is 0 Å². The highest BCUT2D eigenvalue weighted by Gasteiger charge is 2.27. The van der Waals surface area contributed by atoms with Gasteiger partial charge in [-0.25, -0.2) is 9.59 Å². The summed E-state index contributed by atoms with van der Waals surface area (Å²) in [5.74, 6) is -0.536. The number of amides is 1. The molecule has 0 spiro atoms. The van der Waals surface area contributed by atoms with E-state index in [4.69, 9.17) is 4.74 Å². The molecule has 0 atom stereocenters. The molecule has 1 fully saturated rings. The molecule has 0 aliphatic carbocycles. The minimum absolute atomic E-state index is 0.00356. The summed E-state index contributed by atoms with van der Waals surface area (Å²) in [6.07, 6.45) is 3.63. The maximum absolute atomic E-state index is 12.1. The Labute approximate surface area is 169 Å². The van der Waals surface area contributed by atoms with Crippen molar-refractivity contribution in [3.8, 4) is 0 Å². The van der Waals surface area contributed by atoms with E-state index < -0.39 is 16.5 Å². The molecule has 1 aliphatic heterocycles. The van der Waals surface area contributed by atoms with Crippen LogP contribution in [0.25, 0.3) is 6.08 Å². The number of nitrogens with zero attached hydrogens (tertiary/aromatic N) is 2. The standard InChI is InChI=1S/C20H27N3O6/c1-20(2,3)29-19(25)22-11-9-15(10-12-22)21-16-7-5-14(6-8-18(24)28-4)13-17(16)23(26)27/h5-8,13,15,21H,9-12H2,1-4H3/b8-6+. The molecule has 0 radical (unpaired) electrons. The minimum atomic E-state index is -0.545. The zero-order valence-corrected chi connectivity index (χ0v) is 17.1. The van der Waals surface area contributed by atoms with E-state index in [1.54, 1.807) is 17.0 Å². The van der Waals surface area contributed by atoms with Gasteiger partial charge >= 0.3 is 12.1 Å². The Kier molecular flexibility index (Phi) is 7.19. The summed E-state index contributed by atoms with van der Waals surface area (Å²) in [7, 11) is 1.26. The van der Waals surface area contributed by atoms with Crippen molar-refractivity contribution in [1.82, 2.24) is 4.90 Å². The summed E-state index contributed by atoms with van der Waals surface area (Å²) in [5, 5.41) is 14.7. The predicted octanol–water partition coefficient (Wildman–Crippen LogP) is 3.59. The van der Waals surface area contributed by atoms with Crippen LogP contribution in [0.5, 0.6) is 0 Å². The molecule has 2 rings (SSSR count).